The average molecular weight is 268 g/mol. The summed E-state index contributed by atoms with van der Waals surface area (Å²) >= 11 is 3.41. The van der Waals surface area contributed by atoms with Gasteiger partial charge in [0, 0.05) is 36.4 Å². The number of nitrogens with zero attached hydrogens (tertiary/aromatic N) is 1. The van der Waals surface area contributed by atoms with E-state index in [9.17, 15) is 4.79 Å². The van der Waals surface area contributed by atoms with Crippen LogP contribution in [0.2, 0.25) is 0 Å². The largest absolute Gasteiger partial charge is 0.383 e. The normalized spacial score (nSPS) is 10.7. The second-order valence-corrected chi connectivity index (χ2v) is 4.46. The van der Waals surface area contributed by atoms with Gasteiger partial charge in [-0.05, 0) is 18.6 Å². The van der Waals surface area contributed by atoms with E-state index >= 15 is 0 Å². The van der Waals surface area contributed by atoms with Crippen molar-refractivity contribution in [1.29, 1.82) is 0 Å². The van der Waals surface area contributed by atoms with E-state index < -0.39 is 0 Å². The van der Waals surface area contributed by atoms with E-state index in [2.05, 4.69) is 15.9 Å². The SMILES string of the molecule is Cc1ccc(C(=O)/C=C/N(C)C)cc1Br. The van der Waals surface area contributed by atoms with Crippen molar-refractivity contribution in [3.05, 3.63) is 46.1 Å². The van der Waals surface area contributed by atoms with E-state index in [4.69, 9.17) is 0 Å². The summed E-state index contributed by atoms with van der Waals surface area (Å²) in [5.41, 5.74) is 1.83. The summed E-state index contributed by atoms with van der Waals surface area (Å²) in [6, 6.07) is 5.61. The molecule has 2 nitrogen and oxygen atoms in total. The first kappa shape index (κ1) is 12.0. The molecule has 3 heteroatoms. The Morgan fingerprint density at radius 1 is 1.40 bits per heavy atom. The molecule has 1 aromatic carbocycles. The Labute approximate surface area is 98.7 Å². The molecule has 1 rings (SSSR count). The molecule has 80 valence electrons. The number of allylic oxidation sites excluding steroid dienone is 1. The van der Waals surface area contributed by atoms with Gasteiger partial charge >= 0.3 is 0 Å². The number of aryl methyl sites for hydroxylation is 1. The van der Waals surface area contributed by atoms with E-state index in [1.54, 1.807) is 12.3 Å². The van der Waals surface area contributed by atoms with E-state index in [-0.39, 0.29) is 5.78 Å². The summed E-state index contributed by atoms with van der Waals surface area (Å²) in [5, 5.41) is 0. The van der Waals surface area contributed by atoms with Gasteiger partial charge in [-0.25, -0.2) is 0 Å². The summed E-state index contributed by atoms with van der Waals surface area (Å²) in [7, 11) is 3.77. The molecule has 0 radical (unpaired) electrons. The Morgan fingerprint density at radius 3 is 2.60 bits per heavy atom. The summed E-state index contributed by atoms with van der Waals surface area (Å²) in [4.78, 5) is 13.5. The maximum Gasteiger partial charge on any atom is 0.187 e. The number of ketones is 1. The molecule has 0 unspecified atom stereocenters. The van der Waals surface area contributed by atoms with E-state index in [0.717, 1.165) is 10.0 Å². The monoisotopic (exact) mass is 267 g/mol. The number of carbonyl (C=O) groups is 1. The molecule has 15 heavy (non-hydrogen) atoms. The number of rotatable bonds is 3. The third-order valence-electron chi connectivity index (χ3n) is 1.98. The highest BCUT2D eigenvalue weighted by molar-refractivity contribution is 9.10. The summed E-state index contributed by atoms with van der Waals surface area (Å²) in [6.07, 6.45) is 3.31. The minimum absolute atomic E-state index is 0.0180. The molecule has 0 aliphatic rings. The first-order valence-corrected chi connectivity index (χ1v) is 5.45. The lowest BCUT2D eigenvalue weighted by atomic mass is 10.1. The highest BCUT2D eigenvalue weighted by Gasteiger charge is 2.03. The number of benzene rings is 1. The lowest BCUT2D eigenvalue weighted by molar-refractivity contribution is 0.104. The Hall–Kier alpha value is -1.09. The Bertz CT molecular complexity index is 397. The zero-order chi connectivity index (χ0) is 11.4. The third-order valence-corrected chi connectivity index (χ3v) is 2.83. The van der Waals surface area contributed by atoms with Gasteiger partial charge in [0.1, 0.15) is 0 Å². The first-order chi connectivity index (χ1) is 7.00. The van der Waals surface area contributed by atoms with Crippen LogP contribution in [-0.4, -0.2) is 24.8 Å². The predicted molar refractivity (Wildman–Crippen MR) is 66.0 cm³/mol. The van der Waals surface area contributed by atoms with Crippen LogP contribution in [0.4, 0.5) is 0 Å². The lowest BCUT2D eigenvalue weighted by Gasteiger charge is -2.03. The topological polar surface area (TPSA) is 20.3 Å². The van der Waals surface area contributed by atoms with Crippen LogP contribution in [0, 0.1) is 6.92 Å². The molecule has 0 saturated carbocycles. The van der Waals surface area contributed by atoms with Gasteiger partial charge in [-0.3, -0.25) is 4.79 Å². The van der Waals surface area contributed by atoms with Gasteiger partial charge in [0.25, 0.3) is 0 Å². The second kappa shape index (κ2) is 5.12. The molecule has 0 fully saturated rings. The van der Waals surface area contributed by atoms with Crippen molar-refractivity contribution >= 4 is 21.7 Å². The van der Waals surface area contributed by atoms with Crippen LogP contribution in [0.3, 0.4) is 0 Å². The highest BCUT2D eigenvalue weighted by atomic mass is 79.9. The maximum absolute atomic E-state index is 11.7. The molecule has 0 N–H and O–H groups in total. The third kappa shape index (κ3) is 3.51. The first-order valence-electron chi connectivity index (χ1n) is 4.66. The van der Waals surface area contributed by atoms with Crippen molar-refractivity contribution in [2.24, 2.45) is 0 Å². The van der Waals surface area contributed by atoms with Crippen molar-refractivity contribution in [3.63, 3.8) is 0 Å². The second-order valence-electron chi connectivity index (χ2n) is 3.61. The molecular weight excluding hydrogens is 254 g/mol. The van der Waals surface area contributed by atoms with E-state index in [0.29, 0.717) is 5.56 Å². The van der Waals surface area contributed by atoms with Crippen LogP contribution in [-0.2, 0) is 0 Å². The van der Waals surface area contributed by atoms with E-state index in [1.807, 2.05) is 44.1 Å². The van der Waals surface area contributed by atoms with Crippen molar-refractivity contribution in [1.82, 2.24) is 4.90 Å². The zero-order valence-corrected chi connectivity index (χ0v) is 10.7. The smallest absolute Gasteiger partial charge is 0.187 e. The molecular formula is C12H14BrNO. The number of hydrogen-bond acceptors (Lipinski definition) is 2. The quantitative estimate of drug-likeness (QED) is 0.620. The van der Waals surface area contributed by atoms with Crippen LogP contribution in [0.25, 0.3) is 0 Å². The van der Waals surface area contributed by atoms with Crippen LogP contribution >= 0.6 is 15.9 Å². The van der Waals surface area contributed by atoms with Crippen LogP contribution in [0.15, 0.2) is 34.9 Å². The fourth-order valence-electron chi connectivity index (χ4n) is 1.06. The van der Waals surface area contributed by atoms with Gasteiger partial charge in [0.2, 0.25) is 0 Å². The summed E-state index contributed by atoms with van der Waals surface area (Å²) < 4.78 is 0.964. The average Bonchev–Trinajstić information content (AvgIpc) is 2.18. The minimum Gasteiger partial charge on any atom is -0.383 e. The molecule has 0 spiro atoms. The minimum atomic E-state index is 0.0180. The van der Waals surface area contributed by atoms with Gasteiger partial charge in [0.15, 0.2) is 5.78 Å². The molecule has 0 atom stereocenters. The van der Waals surface area contributed by atoms with Crippen molar-refractivity contribution < 1.29 is 4.79 Å². The Balaban J connectivity index is 2.88. The maximum atomic E-state index is 11.7. The van der Waals surface area contributed by atoms with Crippen LogP contribution in [0.1, 0.15) is 15.9 Å². The van der Waals surface area contributed by atoms with Gasteiger partial charge in [0.05, 0.1) is 0 Å². The van der Waals surface area contributed by atoms with Gasteiger partial charge in [-0.1, -0.05) is 28.1 Å². The summed E-state index contributed by atoms with van der Waals surface area (Å²) in [5.74, 6) is 0.0180. The standard InChI is InChI=1S/C12H14BrNO/c1-9-4-5-10(8-11(9)13)12(15)6-7-14(2)3/h4-8H,1-3H3/b7-6+. The molecule has 0 saturated heterocycles. The molecule has 0 bridgehead atoms. The Morgan fingerprint density at radius 2 is 2.07 bits per heavy atom. The van der Waals surface area contributed by atoms with Crippen LogP contribution in [0.5, 0.6) is 0 Å². The van der Waals surface area contributed by atoms with Gasteiger partial charge in [-0.2, -0.15) is 0 Å². The summed E-state index contributed by atoms with van der Waals surface area (Å²) in [6.45, 7) is 1.99. The number of halogens is 1. The molecule has 0 aliphatic heterocycles. The van der Waals surface area contributed by atoms with Crippen molar-refractivity contribution in [2.45, 2.75) is 6.92 Å². The molecule has 0 amide bonds. The Kier molecular flexibility index (Phi) is 4.09. The predicted octanol–water partition coefficient (Wildman–Crippen LogP) is 3.02. The highest BCUT2D eigenvalue weighted by Crippen LogP contribution is 2.17. The number of hydrogen-bond donors (Lipinski definition) is 0. The molecule has 1 aromatic rings. The van der Waals surface area contributed by atoms with Crippen molar-refractivity contribution in [2.75, 3.05) is 14.1 Å². The van der Waals surface area contributed by atoms with Gasteiger partial charge in [-0.15, -0.1) is 0 Å². The molecule has 0 aliphatic carbocycles. The fraction of sp³-hybridized carbons (Fsp3) is 0.250. The van der Waals surface area contributed by atoms with E-state index in [1.165, 1.54) is 0 Å². The van der Waals surface area contributed by atoms with Crippen molar-refractivity contribution in [3.8, 4) is 0 Å². The number of carbonyl (C=O) groups excluding carboxylic acids is 1. The molecule has 0 heterocycles. The fourth-order valence-corrected chi connectivity index (χ4v) is 1.44. The lowest BCUT2D eigenvalue weighted by Crippen LogP contribution is -2.03. The van der Waals surface area contributed by atoms with Gasteiger partial charge < -0.3 is 4.90 Å². The zero-order valence-electron chi connectivity index (χ0n) is 9.12. The van der Waals surface area contributed by atoms with Crippen LogP contribution < -0.4 is 0 Å². The molecule has 0 aromatic heterocycles.